The van der Waals surface area contributed by atoms with Crippen molar-refractivity contribution in [3.05, 3.63) is 269 Å². The summed E-state index contributed by atoms with van der Waals surface area (Å²) in [5.74, 6) is 1.08. The van der Waals surface area contributed by atoms with Crippen LogP contribution in [0.25, 0.3) is 50.1 Å². The summed E-state index contributed by atoms with van der Waals surface area (Å²) >= 11 is 0. The maximum atomic E-state index is 2.70. The van der Waals surface area contributed by atoms with Gasteiger partial charge in [-0.15, -0.1) is 0 Å². The average molecular weight is 977 g/mol. The minimum Gasteiger partial charge on any atom is -0.310 e. The number of para-hydroxylation sites is 1. The number of allylic oxidation sites excluding steroid dienone is 4. The van der Waals surface area contributed by atoms with Crippen molar-refractivity contribution in [3.63, 3.8) is 0 Å². The van der Waals surface area contributed by atoms with Crippen LogP contribution in [0.3, 0.4) is 0 Å². The molecule has 9 aromatic carbocycles. The summed E-state index contributed by atoms with van der Waals surface area (Å²) in [4.78, 5) is 2.59. The molecule has 1 aliphatic heterocycles. The van der Waals surface area contributed by atoms with Gasteiger partial charge in [-0.2, -0.15) is 0 Å². The maximum absolute atomic E-state index is 2.70. The van der Waals surface area contributed by atoms with Crippen LogP contribution in [0.5, 0.6) is 0 Å². The van der Waals surface area contributed by atoms with Crippen molar-refractivity contribution >= 4 is 51.1 Å². The fraction of sp³-hybridized carbons (Fsp3) is 0.178. The van der Waals surface area contributed by atoms with Crippen molar-refractivity contribution in [3.8, 4) is 39.2 Å². The number of aryl methyl sites for hydroxylation is 2. The molecule has 10 aromatic rings. The van der Waals surface area contributed by atoms with Gasteiger partial charge in [0.1, 0.15) is 0 Å². The molecule has 15 rings (SSSR count). The number of hydrogen-bond donors (Lipinski definition) is 0. The number of anilines is 3. The van der Waals surface area contributed by atoms with Crippen LogP contribution in [0.1, 0.15) is 102 Å². The van der Waals surface area contributed by atoms with E-state index in [0.29, 0.717) is 11.8 Å². The summed E-state index contributed by atoms with van der Waals surface area (Å²) in [7, 11) is 0. The SMILES string of the molecule is Cc1cccc2c1B(c1ccc(N(c3ccc(-c4ccccc4)cc3)c3cccc(C)c3-c3ccccc3C3CCC3)cc1C1CCC1)c1cccc3c4c(n-2c13)-c1ccccc1C4(C1=CCCC=C1)c1ccccc1. The van der Waals surface area contributed by atoms with Crippen molar-refractivity contribution in [2.45, 2.75) is 82.5 Å². The second-order valence-electron chi connectivity index (χ2n) is 22.4. The summed E-state index contributed by atoms with van der Waals surface area (Å²) in [6.07, 6.45) is 17.0. The normalized spacial score (nSPS) is 17.4. The third-order valence-electron chi connectivity index (χ3n) is 18.4. The van der Waals surface area contributed by atoms with Gasteiger partial charge in [0.2, 0.25) is 6.71 Å². The Morgan fingerprint density at radius 2 is 1.21 bits per heavy atom. The molecule has 4 aliphatic carbocycles. The Balaban J connectivity index is 0.968. The van der Waals surface area contributed by atoms with E-state index in [4.69, 9.17) is 0 Å². The Morgan fingerprint density at radius 1 is 0.539 bits per heavy atom. The zero-order valence-electron chi connectivity index (χ0n) is 43.6. The number of fused-ring (bicyclic) bond motifs is 7. The van der Waals surface area contributed by atoms with E-state index in [0.717, 1.165) is 12.8 Å². The third-order valence-corrected chi connectivity index (χ3v) is 18.4. The molecule has 1 atom stereocenters. The van der Waals surface area contributed by atoms with Gasteiger partial charge in [0.25, 0.3) is 0 Å². The Labute approximate surface area is 448 Å². The van der Waals surface area contributed by atoms with Gasteiger partial charge < -0.3 is 9.47 Å². The van der Waals surface area contributed by atoms with Crippen LogP contribution in [0.15, 0.2) is 230 Å². The molecule has 5 aliphatic rings. The number of aromatic nitrogens is 1. The lowest BCUT2D eigenvalue weighted by Gasteiger charge is -2.36. The number of benzene rings is 9. The number of nitrogens with zero attached hydrogens (tertiary/aromatic N) is 2. The summed E-state index contributed by atoms with van der Waals surface area (Å²) in [5, 5.41) is 1.35. The Morgan fingerprint density at radius 3 is 1.97 bits per heavy atom. The molecule has 3 heteroatoms. The molecule has 366 valence electrons. The molecule has 2 saturated carbocycles. The molecule has 0 radical (unpaired) electrons. The van der Waals surface area contributed by atoms with E-state index >= 15 is 0 Å². The van der Waals surface area contributed by atoms with Crippen LogP contribution in [-0.2, 0) is 5.41 Å². The summed E-state index contributed by atoms with van der Waals surface area (Å²) in [5.41, 5.74) is 29.0. The highest BCUT2D eigenvalue weighted by Crippen LogP contribution is 2.61. The monoisotopic (exact) mass is 976 g/mol. The Kier molecular flexibility index (Phi) is 10.7. The van der Waals surface area contributed by atoms with Crippen molar-refractivity contribution in [1.82, 2.24) is 4.57 Å². The molecule has 1 aromatic heterocycles. The summed E-state index contributed by atoms with van der Waals surface area (Å²) < 4.78 is 2.70. The number of rotatable bonds is 10. The van der Waals surface area contributed by atoms with Gasteiger partial charge in [0.05, 0.1) is 16.8 Å². The smallest absolute Gasteiger partial charge is 0.247 e. The summed E-state index contributed by atoms with van der Waals surface area (Å²) in [6.45, 7) is 4.72. The standard InChI is InChI=1S/C73H61BN2/c1-48-21-16-39-66(68(48)59-34-13-12-33-58(59)52-25-18-26-52)75(56-43-41-51(42-44-56)50-23-6-3-7-24-50)57-45-46-64(62(47-57)53-27-19-28-53)74-65-38-20-36-61-69-72(76(71(61)65)67-40-17-22-49(2)70(67)74)60-35-14-15-37-63(60)73(69,54-29-8-4-9-30-54)55-31-10-5-11-32-55/h3-4,6-10,12-17,20-24,29-47,52-53H,5,11,18-19,25-28H2,1-2H3. The second kappa shape index (κ2) is 18.0. The quantitative estimate of drug-likeness (QED) is 0.124. The molecular weight excluding hydrogens is 916 g/mol. The lowest BCUT2D eigenvalue weighted by Crippen LogP contribution is -2.58. The van der Waals surface area contributed by atoms with E-state index in [1.165, 1.54) is 167 Å². The second-order valence-corrected chi connectivity index (χ2v) is 22.4. The minimum atomic E-state index is -0.468. The zero-order chi connectivity index (χ0) is 50.5. The van der Waals surface area contributed by atoms with Crippen LogP contribution >= 0.6 is 0 Å². The average Bonchev–Trinajstić information content (AvgIpc) is 4.07. The van der Waals surface area contributed by atoms with E-state index in [2.05, 4.69) is 248 Å². The summed E-state index contributed by atoms with van der Waals surface area (Å²) in [6, 6.07) is 79.2. The fourth-order valence-electron chi connectivity index (χ4n) is 14.6. The van der Waals surface area contributed by atoms with Crippen LogP contribution in [0, 0.1) is 13.8 Å². The van der Waals surface area contributed by atoms with Gasteiger partial charge in [-0.05, 0) is 162 Å². The van der Waals surface area contributed by atoms with Crippen LogP contribution in [0.2, 0.25) is 0 Å². The molecule has 2 heterocycles. The predicted molar refractivity (Wildman–Crippen MR) is 321 cm³/mol. The molecule has 0 bridgehead atoms. The zero-order valence-corrected chi connectivity index (χ0v) is 43.6. The fourth-order valence-corrected chi connectivity index (χ4v) is 14.6. The molecule has 0 spiro atoms. The first-order chi connectivity index (χ1) is 37.6. The van der Waals surface area contributed by atoms with Crippen LogP contribution < -0.4 is 21.3 Å². The molecule has 2 nitrogen and oxygen atoms in total. The molecule has 0 saturated heterocycles. The van der Waals surface area contributed by atoms with Gasteiger partial charge in [-0.1, -0.05) is 212 Å². The van der Waals surface area contributed by atoms with Crippen molar-refractivity contribution in [2.24, 2.45) is 0 Å². The molecular formula is C73H61BN2. The van der Waals surface area contributed by atoms with Crippen LogP contribution in [0.4, 0.5) is 17.1 Å². The highest BCUT2D eigenvalue weighted by atomic mass is 15.1. The lowest BCUT2D eigenvalue weighted by atomic mass is 9.33. The maximum Gasteiger partial charge on any atom is 0.247 e. The molecule has 0 N–H and O–H groups in total. The molecule has 2 fully saturated rings. The van der Waals surface area contributed by atoms with Crippen LogP contribution in [-0.4, -0.2) is 11.3 Å². The van der Waals surface area contributed by atoms with E-state index < -0.39 is 5.41 Å². The predicted octanol–water partition coefficient (Wildman–Crippen LogP) is 17.0. The van der Waals surface area contributed by atoms with Gasteiger partial charge in [0.15, 0.2) is 0 Å². The Bertz CT molecular complexity index is 3980. The van der Waals surface area contributed by atoms with E-state index in [1.54, 1.807) is 0 Å². The van der Waals surface area contributed by atoms with Gasteiger partial charge >= 0.3 is 0 Å². The van der Waals surface area contributed by atoms with E-state index in [-0.39, 0.29) is 6.71 Å². The van der Waals surface area contributed by atoms with Crippen molar-refractivity contribution < 1.29 is 0 Å². The highest BCUT2D eigenvalue weighted by Gasteiger charge is 2.52. The van der Waals surface area contributed by atoms with E-state index in [1.807, 2.05) is 0 Å². The first-order valence-corrected chi connectivity index (χ1v) is 28.2. The van der Waals surface area contributed by atoms with Gasteiger partial charge in [-0.3, -0.25) is 0 Å². The molecule has 1 unspecified atom stereocenters. The highest BCUT2D eigenvalue weighted by molar-refractivity contribution is 6.98. The number of hydrogen-bond acceptors (Lipinski definition) is 1. The third kappa shape index (κ3) is 6.73. The topological polar surface area (TPSA) is 8.17 Å². The Hall–Kier alpha value is -8.14. The first-order valence-electron chi connectivity index (χ1n) is 28.2. The van der Waals surface area contributed by atoms with Crippen molar-refractivity contribution in [2.75, 3.05) is 4.90 Å². The lowest BCUT2D eigenvalue weighted by molar-refractivity contribution is 0.420. The van der Waals surface area contributed by atoms with Crippen molar-refractivity contribution in [1.29, 1.82) is 0 Å². The van der Waals surface area contributed by atoms with E-state index in [9.17, 15) is 0 Å². The minimum absolute atomic E-state index is 0.0460. The van der Waals surface area contributed by atoms with Gasteiger partial charge in [0, 0.05) is 44.7 Å². The molecule has 0 amide bonds. The molecule has 76 heavy (non-hydrogen) atoms. The largest absolute Gasteiger partial charge is 0.310 e. The first kappa shape index (κ1) is 45.3. The van der Waals surface area contributed by atoms with Gasteiger partial charge in [-0.25, -0.2) is 0 Å².